The van der Waals surface area contributed by atoms with Crippen LogP contribution in [0, 0.1) is 0 Å². The van der Waals surface area contributed by atoms with Crippen molar-refractivity contribution >= 4 is 15.9 Å². The number of nitrogens with zero attached hydrogens (tertiary/aromatic N) is 1. The minimum Gasteiger partial charge on any atom is -0.493 e. The maximum Gasteiger partial charge on any atom is 0.127 e. The van der Waals surface area contributed by atoms with Gasteiger partial charge in [0.2, 0.25) is 0 Å². The molecule has 1 fully saturated rings. The molecule has 1 aromatic rings. The fourth-order valence-electron chi connectivity index (χ4n) is 3.43. The molecule has 2 heterocycles. The highest BCUT2D eigenvalue weighted by Gasteiger charge is 2.25. The Hall–Kier alpha value is -0.580. The molecule has 0 aromatic heterocycles. The highest BCUT2D eigenvalue weighted by Crippen LogP contribution is 2.35. The summed E-state index contributed by atoms with van der Waals surface area (Å²) in [6, 6.07) is 4.88. The van der Waals surface area contributed by atoms with E-state index in [4.69, 9.17) is 4.74 Å². The third-order valence-electron chi connectivity index (χ3n) is 4.41. The van der Waals surface area contributed by atoms with Gasteiger partial charge < -0.3 is 9.84 Å². The number of aliphatic hydroxyl groups excluding tert-OH is 1. The molecule has 4 heteroatoms. The molecule has 0 aliphatic carbocycles. The summed E-state index contributed by atoms with van der Waals surface area (Å²) in [5.74, 6) is 1.10. The number of hydrogen-bond acceptors (Lipinski definition) is 3. The Labute approximate surface area is 129 Å². The molecule has 1 aromatic carbocycles. The van der Waals surface area contributed by atoms with E-state index in [-0.39, 0.29) is 6.61 Å². The fourth-order valence-corrected chi connectivity index (χ4v) is 3.98. The molecule has 3 rings (SSSR count). The lowest BCUT2D eigenvalue weighted by Gasteiger charge is -2.35. The van der Waals surface area contributed by atoms with Gasteiger partial charge >= 0.3 is 0 Å². The third kappa shape index (κ3) is 3.02. The second-order valence-electron chi connectivity index (χ2n) is 5.78. The number of fused-ring (bicyclic) bond motifs is 1. The molecule has 0 saturated carbocycles. The van der Waals surface area contributed by atoms with Gasteiger partial charge in [-0.2, -0.15) is 0 Å². The third-order valence-corrected chi connectivity index (χ3v) is 4.87. The van der Waals surface area contributed by atoms with E-state index in [1.807, 2.05) is 0 Å². The van der Waals surface area contributed by atoms with E-state index in [2.05, 4.69) is 33.0 Å². The SMILES string of the molecule is OCCC1CCCCN1Cc1cc(Br)cc2c1OCC2. The van der Waals surface area contributed by atoms with Crippen LogP contribution in [0.5, 0.6) is 5.75 Å². The highest BCUT2D eigenvalue weighted by molar-refractivity contribution is 9.10. The first-order valence-electron chi connectivity index (χ1n) is 7.57. The van der Waals surface area contributed by atoms with Crippen molar-refractivity contribution in [2.24, 2.45) is 0 Å². The van der Waals surface area contributed by atoms with Gasteiger partial charge in [0.1, 0.15) is 5.75 Å². The molecule has 20 heavy (non-hydrogen) atoms. The van der Waals surface area contributed by atoms with Gasteiger partial charge in [-0.3, -0.25) is 4.90 Å². The second-order valence-corrected chi connectivity index (χ2v) is 6.70. The molecule has 1 atom stereocenters. The van der Waals surface area contributed by atoms with Crippen LogP contribution in [0.1, 0.15) is 36.8 Å². The van der Waals surface area contributed by atoms with Crippen LogP contribution in [0.3, 0.4) is 0 Å². The van der Waals surface area contributed by atoms with Crippen LogP contribution in [-0.2, 0) is 13.0 Å². The molecule has 0 spiro atoms. The molecule has 2 aliphatic rings. The summed E-state index contributed by atoms with van der Waals surface area (Å²) in [6.45, 7) is 3.16. The minimum atomic E-state index is 0.286. The van der Waals surface area contributed by atoms with Crippen molar-refractivity contribution in [3.63, 3.8) is 0 Å². The van der Waals surface area contributed by atoms with Crippen LogP contribution in [0.4, 0.5) is 0 Å². The zero-order valence-electron chi connectivity index (χ0n) is 11.8. The predicted molar refractivity (Wildman–Crippen MR) is 83.1 cm³/mol. The standard InChI is InChI=1S/C16H22BrNO2/c17-14-9-12-5-8-20-16(12)13(10-14)11-18-6-2-1-3-15(18)4-7-19/h9-10,15,19H,1-8,11H2. The summed E-state index contributed by atoms with van der Waals surface area (Å²) in [4.78, 5) is 2.52. The summed E-state index contributed by atoms with van der Waals surface area (Å²) in [6.07, 6.45) is 5.66. The molecular weight excluding hydrogens is 318 g/mol. The van der Waals surface area contributed by atoms with Gasteiger partial charge in [-0.05, 0) is 43.5 Å². The molecule has 0 bridgehead atoms. The van der Waals surface area contributed by atoms with Crippen molar-refractivity contribution in [3.05, 3.63) is 27.7 Å². The van der Waals surface area contributed by atoms with Crippen LogP contribution < -0.4 is 4.74 Å². The first-order valence-corrected chi connectivity index (χ1v) is 8.36. The van der Waals surface area contributed by atoms with Gasteiger partial charge in [0.15, 0.2) is 0 Å². The van der Waals surface area contributed by atoms with E-state index in [1.165, 1.54) is 30.4 Å². The molecule has 0 amide bonds. The largest absolute Gasteiger partial charge is 0.493 e. The lowest BCUT2D eigenvalue weighted by Crippen LogP contribution is -2.39. The van der Waals surface area contributed by atoms with Crippen LogP contribution in [-0.4, -0.2) is 35.8 Å². The molecule has 1 N–H and O–H groups in total. The van der Waals surface area contributed by atoms with Gasteiger partial charge in [-0.25, -0.2) is 0 Å². The van der Waals surface area contributed by atoms with Crippen molar-refractivity contribution in [1.29, 1.82) is 0 Å². The first-order chi connectivity index (χ1) is 9.78. The highest BCUT2D eigenvalue weighted by atomic mass is 79.9. The van der Waals surface area contributed by atoms with Crippen LogP contribution in [0.25, 0.3) is 0 Å². The number of hydrogen-bond donors (Lipinski definition) is 1. The summed E-state index contributed by atoms with van der Waals surface area (Å²) in [5, 5.41) is 9.24. The number of halogens is 1. The van der Waals surface area contributed by atoms with Crippen LogP contribution in [0.2, 0.25) is 0 Å². The topological polar surface area (TPSA) is 32.7 Å². The summed E-state index contributed by atoms with van der Waals surface area (Å²) in [7, 11) is 0. The Morgan fingerprint density at radius 1 is 1.35 bits per heavy atom. The zero-order chi connectivity index (χ0) is 13.9. The monoisotopic (exact) mass is 339 g/mol. The van der Waals surface area contributed by atoms with Crippen molar-refractivity contribution in [2.45, 2.75) is 44.7 Å². The second kappa shape index (κ2) is 6.46. The molecule has 110 valence electrons. The Morgan fingerprint density at radius 2 is 2.25 bits per heavy atom. The number of piperidine rings is 1. The Balaban J connectivity index is 1.79. The first kappa shape index (κ1) is 14.4. The average Bonchev–Trinajstić information content (AvgIpc) is 2.89. The molecule has 3 nitrogen and oxygen atoms in total. The Kier molecular flexibility index (Phi) is 4.64. The van der Waals surface area contributed by atoms with Gasteiger partial charge in [0.25, 0.3) is 0 Å². The van der Waals surface area contributed by atoms with E-state index >= 15 is 0 Å². The smallest absolute Gasteiger partial charge is 0.127 e. The molecule has 1 unspecified atom stereocenters. The summed E-state index contributed by atoms with van der Waals surface area (Å²) in [5.41, 5.74) is 2.61. The predicted octanol–water partition coefficient (Wildman–Crippen LogP) is 3.12. The number of rotatable bonds is 4. The van der Waals surface area contributed by atoms with Crippen LogP contribution in [0.15, 0.2) is 16.6 Å². The fraction of sp³-hybridized carbons (Fsp3) is 0.625. The van der Waals surface area contributed by atoms with Crippen molar-refractivity contribution in [3.8, 4) is 5.75 Å². The van der Waals surface area contributed by atoms with Crippen molar-refractivity contribution in [2.75, 3.05) is 19.8 Å². The zero-order valence-corrected chi connectivity index (χ0v) is 13.4. The number of likely N-dealkylation sites (tertiary alicyclic amines) is 1. The van der Waals surface area contributed by atoms with E-state index in [0.29, 0.717) is 6.04 Å². The lowest BCUT2D eigenvalue weighted by molar-refractivity contribution is 0.111. The molecule has 2 aliphatic heterocycles. The number of ether oxygens (including phenoxy) is 1. The maximum absolute atomic E-state index is 9.24. The molecule has 0 radical (unpaired) electrons. The normalized spacial score (nSPS) is 22.6. The van der Waals surface area contributed by atoms with Gasteiger partial charge in [-0.15, -0.1) is 0 Å². The molecule has 1 saturated heterocycles. The maximum atomic E-state index is 9.24. The average molecular weight is 340 g/mol. The van der Waals surface area contributed by atoms with E-state index in [1.54, 1.807) is 0 Å². The Bertz CT molecular complexity index is 476. The lowest BCUT2D eigenvalue weighted by atomic mass is 9.98. The Morgan fingerprint density at radius 3 is 3.10 bits per heavy atom. The van der Waals surface area contributed by atoms with E-state index < -0.39 is 0 Å². The summed E-state index contributed by atoms with van der Waals surface area (Å²) < 4.78 is 6.97. The van der Waals surface area contributed by atoms with E-state index in [0.717, 1.165) is 42.8 Å². The van der Waals surface area contributed by atoms with Crippen LogP contribution >= 0.6 is 15.9 Å². The van der Waals surface area contributed by atoms with Crippen molar-refractivity contribution < 1.29 is 9.84 Å². The van der Waals surface area contributed by atoms with Crippen molar-refractivity contribution in [1.82, 2.24) is 4.90 Å². The number of benzene rings is 1. The number of aliphatic hydroxyl groups is 1. The quantitative estimate of drug-likeness (QED) is 0.914. The van der Waals surface area contributed by atoms with Gasteiger partial charge in [0, 0.05) is 35.7 Å². The van der Waals surface area contributed by atoms with Gasteiger partial charge in [-0.1, -0.05) is 22.4 Å². The minimum absolute atomic E-state index is 0.286. The van der Waals surface area contributed by atoms with E-state index in [9.17, 15) is 5.11 Å². The van der Waals surface area contributed by atoms with Gasteiger partial charge in [0.05, 0.1) is 6.61 Å². The molecular formula is C16H22BrNO2. The summed E-state index contributed by atoms with van der Waals surface area (Å²) >= 11 is 3.61.